The number of nitrogens with one attached hydrogen (secondary N) is 1. The van der Waals surface area contributed by atoms with Crippen molar-refractivity contribution in [2.45, 2.75) is 40.5 Å². The van der Waals surface area contributed by atoms with Crippen molar-refractivity contribution in [3.63, 3.8) is 0 Å². The van der Waals surface area contributed by atoms with Gasteiger partial charge in [0.25, 0.3) is 0 Å². The van der Waals surface area contributed by atoms with Crippen molar-refractivity contribution in [3.05, 3.63) is 29.3 Å². The van der Waals surface area contributed by atoms with Crippen LogP contribution >= 0.6 is 0 Å². The minimum absolute atomic E-state index is 0.0138. The molecule has 0 heterocycles. The molecule has 0 aliphatic rings. The van der Waals surface area contributed by atoms with Crippen molar-refractivity contribution in [1.29, 1.82) is 0 Å². The second kappa shape index (κ2) is 7.12. The minimum atomic E-state index is -0.382. The first kappa shape index (κ1) is 16.3. The monoisotopic (exact) mass is 273 g/mol. The normalized spacial score (nSPS) is 10.7. The van der Waals surface area contributed by atoms with Crippen LogP contribution in [0, 0.1) is 24.2 Å². The second-order valence-electron chi connectivity index (χ2n) is 5.55. The number of aryl methyl sites for hydroxylation is 1. The van der Waals surface area contributed by atoms with Gasteiger partial charge in [-0.3, -0.25) is 4.79 Å². The molecule has 1 rings (SSSR count). The summed E-state index contributed by atoms with van der Waals surface area (Å²) in [5, 5.41) is 11.7. The summed E-state index contributed by atoms with van der Waals surface area (Å²) >= 11 is 0. The number of aliphatic hydroxyl groups excluding tert-OH is 1. The summed E-state index contributed by atoms with van der Waals surface area (Å²) in [4.78, 5) is 12.2. The van der Waals surface area contributed by atoms with Gasteiger partial charge in [-0.05, 0) is 37.1 Å². The van der Waals surface area contributed by atoms with Crippen LogP contribution in [0.1, 0.15) is 44.7 Å². The Morgan fingerprint density at radius 2 is 2.05 bits per heavy atom. The second-order valence-corrected chi connectivity index (χ2v) is 5.55. The van der Waals surface area contributed by atoms with Gasteiger partial charge < -0.3 is 10.4 Å². The van der Waals surface area contributed by atoms with E-state index in [4.69, 9.17) is 5.11 Å². The molecule has 3 heteroatoms. The highest BCUT2D eigenvalue weighted by Crippen LogP contribution is 2.23. The van der Waals surface area contributed by atoms with Gasteiger partial charge >= 0.3 is 0 Å². The molecule has 20 heavy (non-hydrogen) atoms. The summed E-state index contributed by atoms with van der Waals surface area (Å²) in [6.45, 7) is 7.90. The molecule has 0 bridgehead atoms. The van der Waals surface area contributed by atoms with Gasteiger partial charge in [-0.1, -0.05) is 32.6 Å². The van der Waals surface area contributed by atoms with Crippen LogP contribution in [-0.2, 0) is 4.79 Å². The average Bonchev–Trinajstić information content (AvgIpc) is 2.38. The van der Waals surface area contributed by atoms with E-state index in [1.54, 1.807) is 0 Å². The number of anilines is 1. The van der Waals surface area contributed by atoms with Gasteiger partial charge in [0.15, 0.2) is 0 Å². The van der Waals surface area contributed by atoms with Crippen LogP contribution in [0.5, 0.6) is 0 Å². The van der Waals surface area contributed by atoms with Gasteiger partial charge in [-0.2, -0.15) is 0 Å². The topological polar surface area (TPSA) is 49.3 Å². The zero-order valence-electron chi connectivity index (χ0n) is 12.7. The van der Waals surface area contributed by atoms with Crippen LogP contribution in [0.4, 0.5) is 5.69 Å². The van der Waals surface area contributed by atoms with Crippen molar-refractivity contribution in [1.82, 2.24) is 0 Å². The first-order chi connectivity index (χ1) is 9.39. The SMILES string of the molecule is CCC(C)(C)C(=O)Nc1cc(C)cc(C#CCCO)c1. The summed E-state index contributed by atoms with van der Waals surface area (Å²) in [6, 6.07) is 5.76. The Balaban J connectivity index is 2.92. The lowest BCUT2D eigenvalue weighted by molar-refractivity contribution is -0.124. The van der Waals surface area contributed by atoms with E-state index in [1.165, 1.54) is 0 Å². The molecule has 0 atom stereocenters. The highest BCUT2D eigenvalue weighted by molar-refractivity contribution is 5.95. The molecule has 2 N–H and O–H groups in total. The van der Waals surface area contributed by atoms with Gasteiger partial charge in [-0.15, -0.1) is 0 Å². The van der Waals surface area contributed by atoms with Crippen molar-refractivity contribution < 1.29 is 9.90 Å². The fraction of sp³-hybridized carbons (Fsp3) is 0.471. The van der Waals surface area contributed by atoms with Gasteiger partial charge in [0.05, 0.1) is 6.61 Å². The number of amides is 1. The molecule has 1 aromatic carbocycles. The Hall–Kier alpha value is -1.79. The molecule has 0 aliphatic carbocycles. The summed E-state index contributed by atoms with van der Waals surface area (Å²) in [6.07, 6.45) is 1.24. The maximum atomic E-state index is 12.2. The fourth-order valence-corrected chi connectivity index (χ4v) is 1.61. The third-order valence-corrected chi connectivity index (χ3v) is 3.30. The van der Waals surface area contributed by atoms with Crippen molar-refractivity contribution in [2.75, 3.05) is 11.9 Å². The van der Waals surface area contributed by atoms with E-state index in [1.807, 2.05) is 45.9 Å². The zero-order chi connectivity index (χ0) is 15.2. The van der Waals surface area contributed by atoms with Crippen LogP contribution in [0.15, 0.2) is 18.2 Å². The predicted molar refractivity (Wildman–Crippen MR) is 82.5 cm³/mol. The first-order valence-electron chi connectivity index (χ1n) is 6.92. The van der Waals surface area contributed by atoms with E-state index >= 15 is 0 Å². The van der Waals surface area contributed by atoms with E-state index in [9.17, 15) is 4.79 Å². The summed E-state index contributed by atoms with van der Waals surface area (Å²) in [5.41, 5.74) is 2.28. The molecule has 1 aromatic rings. The molecule has 0 aromatic heterocycles. The van der Waals surface area contributed by atoms with Gasteiger partial charge in [0.2, 0.25) is 5.91 Å². The van der Waals surface area contributed by atoms with Crippen LogP contribution in [0.2, 0.25) is 0 Å². The number of benzene rings is 1. The van der Waals surface area contributed by atoms with E-state index in [-0.39, 0.29) is 17.9 Å². The lowest BCUT2D eigenvalue weighted by atomic mass is 9.89. The lowest BCUT2D eigenvalue weighted by Crippen LogP contribution is -2.30. The van der Waals surface area contributed by atoms with Crippen molar-refractivity contribution in [3.8, 4) is 11.8 Å². The van der Waals surface area contributed by atoms with Crippen LogP contribution in [0.25, 0.3) is 0 Å². The first-order valence-corrected chi connectivity index (χ1v) is 6.92. The van der Waals surface area contributed by atoms with E-state index < -0.39 is 0 Å². The maximum Gasteiger partial charge on any atom is 0.230 e. The number of hydrogen-bond acceptors (Lipinski definition) is 2. The quantitative estimate of drug-likeness (QED) is 0.828. The highest BCUT2D eigenvalue weighted by Gasteiger charge is 2.25. The molecule has 0 spiro atoms. The number of rotatable bonds is 4. The number of carbonyl (C=O) groups is 1. The molecule has 1 amide bonds. The van der Waals surface area contributed by atoms with E-state index in [2.05, 4.69) is 17.2 Å². The lowest BCUT2D eigenvalue weighted by Gasteiger charge is -2.21. The number of hydrogen-bond donors (Lipinski definition) is 2. The van der Waals surface area contributed by atoms with Crippen LogP contribution < -0.4 is 5.32 Å². The standard InChI is InChI=1S/C17H23NO2/c1-5-17(3,4)16(20)18-15-11-13(2)10-14(12-15)8-6-7-9-19/h10-12,19H,5,7,9H2,1-4H3,(H,18,20). The van der Waals surface area contributed by atoms with E-state index in [0.29, 0.717) is 6.42 Å². The Kier molecular flexibility index (Phi) is 5.79. The Bertz CT molecular complexity index is 536. The number of aliphatic hydroxyl groups is 1. The smallest absolute Gasteiger partial charge is 0.230 e. The largest absolute Gasteiger partial charge is 0.395 e. The predicted octanol–water partition coefficient (Wildman–Crippen LogP) is 3.10. The van der Waals surface area contributed by atoms with Crippen molar-refractivity contribution >= 4 is 11.6 Å². The minimum Gasteiger partial charge on any atom is -0.395 e. The summed E-state index contributed by atoms with van der Waals surface area (Å²) < 4.78 is 0. The molecule has 108 valence electrons. The molecule has 0 aliphatic heterocycles. The van der Waals surface area contributed by atoms with E-state index in [0.717, 1.165) is 23.2 Å². The Labute approximate surface area is 121 Å². The summed E-state index contributed by atoms with van der Waals surface area (Å²) in [7, 11) is 0. The van der Waals surface area contributed by atoms with Gasteiger partial charge in [-0.25, -0.2) is 0 Å². The molecule has 0 unspecified atom stereocenters. The Morgan fingerprint density at radius 1 is 1.35 bits per heavy atom. The van der Waals surface area contributed by atoms with Crippen LogP contribution in [-0.4, -0.2) is 17.6 Å². The van der Waals surface area contributed by atoms with Crippen molar-refractivity contribution in [2.24, 2.45) is 5.41 Å². The molecule has 0 saturated carbocycles. The zero-order valence-corrected chi connectivity index (χ0v) is 12.7. The molecule has 0 radical (unpaired) electrons. The molecule has 3 nitrogen and oxygen atoms in total. The number of carbonyl (C=O) groups excluding carboxylic acids is 1. The summed E-state index contributed by atoms with van der Waals surface area (Å²) in [5.74, 6) is 5.89. The molecule has 0 fully saturated rings. The average molecular weight is 273 g/mol. The molecular formula is C17H23NO2. The van der Waals surface area contributed by atoms with Gasteiger partial charge in [0.1, 0.15) is 0 Å². The highest BCUT2D eigenvalue weighted by atomic mass is 16.2. The molecule has 0 saturated heterocycles. The van der Waals surface area contributed by atoms with Gasteiger partial charge in [0, 0.05) is 23.1 Å². The third kappa shape index (κ3) is 4.71. The fourth-order valence-electron chi connectivity index (χ4n) is 1.61. The Morgan fingerprint density at radius 3 is 2.65 bits per heavy atom. The maximum absolute atomic E-state index is 12.2. The third-order valence-electron chi connectivity index (χ3n) is 3.30. The molecular weight excluding hydrogens is 250 g/mol. The van der Waals surface area contributed by atoms with Crippen LogP contribution in [0.3, 0.4) is 0 Å².